The number of Topliss-reactive ketones (excluding diaryl/α,β-unsaturated/α-hetero) is 2. The number of hydrogen-bond acceptors (Lipinski definition) is 9. The summed E-state index contributed by atoms with van der Waals surface area (Å²) >= 11 is 0. The first-order valence-corrected chi connectivity index (χ1v) is 18.3. The van der Waals surface area contributed by atoms with Crippen molar-refractivity contribution >= 4 is 41.3 Å². The van der Waals surface area contributed by atoms with Crippen LogP contribution in [-0.4, -0.2) is 96.1 Å². The average molecular weight is 715 g/mol. The van der Waals surface area contributed by atoms with E-state index in [0.29, 0.717) is 90.9 Å². The number of carboxylic acids is 3. The van der Waals surface area contributed by atoms with E-state index in [4.69, 9.17) is 19.7 Å². The van der Waals surface area contributed by atoms with Gasteiger partial charge in [-0.25, -0.2) is 0 Å². The van der Waals surface area contributed by atoms with Gasteiger partial charge in [0.15, 0.2) is 0 Å². The monoisotopic (exact) mass is 714 g/mol. The normalized spacial score (nSPS) is 12.2. The maximum absolute atomic E-state index is 12.2. The molecule has 2 atom stereocenters. The van der Waals surface area contributed by atoms with E-state index in [1.165, 1.54) is 0 Å². The predicted octanol–water partition coefficient (Wildman–Crippen LogP) is 4.70. The van der Waals surface area contributed by atoms with Crippen molar-refractivity contribution in [1.82, 2.24) is 10.6 Å². The number of hydrogen-bond donors (Lipinski definition) is 5. The number of carbonyl (C=O) groups excluding carboxylic acids is 4. The van der Waals surface area contributed by atoms with E-state index in [2.05, 4.69) is 10.6 Å². The quantitative estimate of drug-likeness (QED) is 0.0558. The maximum Gasteiger partial charge on any atom is 0.306 e. The number of carboxylic acid groups (broad SMARTS) is 3. The molecule has 0 heterocycles. The fourth-order valence-electron chi connectivity index (χ4n) is 4.97. The van der Waals surface area contributed by atoms with Crippen molar-refractivity contribution < 1.29 is 58.4 Å². The van der Waals surface area contributed by atoms with Crippen molar-refractivity contribution in [2.75, 3.05) is 39.5 Å². The molecule has 0 aliphatic heterocycles. The first-order valence-electron chi connectivity index (χ1n) is 18.3. The molecule has 0 spiro atoms. The second-order valence-corrected chi connectivity index (χ2v) is 12.8. The molecule has 0 radical (unpaired) electrons. The first-order chi connectivity index (χ1) is 23.9. The van der Waals surface area contributed by atoms with Gasteiger partial charge in [-0.1, -0.05) is 26.2 Å². The Morgan fingerprint density at radius 3 is 1.62 bits per heavy atom. The molecular weight excluding hydrogens is 652 g/mol. The zero-order chi connectivity index (χ0) is 37.4. The molecular formula is C36H62N2O12. The highest BCUT2D eigenvalue weighted by Crippen LogP contribution is 2.16. The molecule has 0 unspecified atom stereocenters. The largest absolute Gasteiger partial charge is 0.481 e. The third kappa shape index (κ3) is 30.7. The van der Waals surface area contributed by atoms with Crippen LogP contribution in [0.25, 0.3) is 0 Å². The summed E-state index contributed by atoms with van der Waals surface area (Å²) in [6.07, 6.45) is 9.53. The highest BCUT2D eigenvalue weighted by molar-refractivity contribution is 5.85. The Morgan fingerprint density at radius 1 is 0.500 bits per heavy atom. The molecule has 50 heavy (non-hydrogen) atoms. The van der Waals surface area contributed by atoms with E-state index in [-0.39, 0.29) is 74.2 Å². The van der Waals surface area contributed by atoms with Gasteiger partial charge < -0.3 is 35.4 Å². The van der Waals surface area contributed by atoms with Gasteiger partial charge in [0.2, 0.25) is 11.8 Å². The molecule has 0 aliphatic rings. The van der Waals surface area contributed by atoms with Crippen LogP contribution in [0.2, 0.25) is 0 Å². The SMILES string of the molecule is C[C@@H](CCCCNC(=O)CCC(=O)CCCCOCCCCOCCCNC(=O)CC[C@H](CC(=O)CCCCCCC(=O)O)C(=O)O)C(=O)O. The van der Waals surface area contributed by atoms with E-state index in [1.54, 1.807) is 6.92 Å². The van der Waals surface area contributed by atoms with E-state index >= 15 is 0 Å². The molecule has 0 aromatic rings. The minimum atomic E-state index is -1.09. The number of amides is 2. The van der Waals surface area contributed by atoms with Crippen molar-refractivity contribution in [1.29, 1.82) is 0 Å². The molecule has 0 aliphatic carbocycles. The summed E-state index contributed by atoms with van der Waals surface area (Å²) in [5.74, 6) is -4.56. The summed E-state index contributed by atoms with van der Waals surface area (Å²) in [5, 5.41) is 32.4. The lowest BCUT2D eigenvalue weighted by Crippen LogP contribution is -2.27. The number of unbranched alkanes of at least 4 members (excludes halogenated alkanes) is 6. The second-order valence-electron chi connectivity index (χ2n) is 12.8. The van der Waals surface area contributed by atoms with Gasteiger partial charge in [0.25, 0.3) is 0 Å². The van der Waals surface area contributed by atoms with E-state index in [0.717, 1.165) is 32.1 Å². The zero-order valence-electron chi connectivity index (χ0n) is 30.1. The summed E-state index contributed by atoms with van der Waals surface area (Å²) in [5.41, 5.74) is 0. The highest BCUT2D eigenvalue weighted by Gasteiger charge is 2.22. The number of ketones is 2. The fraction of sp³-hybridized carbons (Fsp3) is 0.806. The average Bonchev–Trinajstić information content (AvgIpc) is 3.06. The summed E-state index contributed by atoms with van der Waals surface area (Å²) in [6.45, 7) is 4.77. The van der Waals surface area contributed by atoms with Crippen LogP contribution in [0.15, 0.2) is 0 Å². The standard InChI is InChI=1S/C36H62N2O12/c1-28(35(45)46)13-6-8-21-37-33(42)20-18-30(39)14-7-9-23-49-24-10-11-25-50-26-12-22-38-32(41)19-17-29(36(47)48)27-31(40)15-4-2-3-5-16-34(43)44/h28-29H,2-27H2,1H3,(H,37,42)(H,38,41)(H,43,44)(H,45,46)(H,47,48)/t28-,29+/m0/s1. The van der Waals surface area contributed by atoms with E-state index in [1.807, 2.05) is 0 Å². The molecule has 0 aromatic carbocycles. The van der Waals surface area contributed by atoms with E-state index in [9.17, 15) is 38.7 Å². The molecule has 0 bridgehead atoms. The molecule has 14 heteroatoms. The van der Waals surface area contributed by atoms with Crippen LogP contribution in [0.3, 0.4) is 0 Å². The van der Waals surface area contributed by atoms with Gasteiger partial charge >= 0.3 is 17.9 Å². The van der Waals surface area contributed by atoms with Crippen molar-refractivity contribution in [3.8, 4) is 0 Å². The number of nitrogens with one attached hydrogen (secondary N) is 2. The van der Waals surface area contributed by atoms with Gasteiger partial charge in [0.1, 0.15) is 11.6 Å². The van der Waals surface area contributed by atoms with Crippen molar-refractivity contribution in [3.05, 3.63) is 0 Å². The van der Waals surface area contributed by atoms with Gasteiger partial charge in [0.05, 0.1) is 11.8 Å². The highest BCUT2D eigenvalue weighted by atomic mass is 16.5. The second kappa shape index (κ2) is 31.6. The summed E-state index contributed by atoms with van der Waals surface area (Å²) in [7, 11) is 0. The summed E-state index contributed by atoms with van der Waals surface area (Å²) in [6, 6.07) is 0. The van der Waals surface area contributed by atoms with Crippen LogP contribution in [-0.2, 0) is 43.0 Å². The molecule has 5 N–H and O–H groups in total. The molecule has 0 rings (SSSR count). The van der Waals surface area contributed by atoms with Crippen LogP contribution in [0, 0.1) is 11.8 Å². The maximum atomic E-state index is 12.2. The van der Waals surface area contributed by atoms with Gasteiger partial charge in [0, 0.05) is 84.5 Å². The molecule has 0 saturated heterocycles. The third-order valence-electron chi connectivity index (χ3n) is 8.19. The lowest BCUT2D eigenvalue weighted by Gasteiger charge is -2.12. The van der Waals surface area contributed by atoms with Gasteiger partial charge in [-0.05, 0) is 64.2 Å². The number of ether oxygens (including phenoxy) is 2. The van der Waals surface area contributed by atoms with Crippen LogP contribution in [0.1, 0.15) is 135 Å². The van der Waals surface area contributed by atoms with E-state index < -0.39 is 23.8 Å². The Labute approximate surface area is 296 Å². The summed E-state index contributed by atoms with van der Waals surface area (Å²) in [4.78, 5) is 81.0. The van der Waals surface area contributed by atoms with Crippen LogP contribution in [0.5, 0.6) is 0 Å². The molecule has 2 amide bonds. The lowest BCUT2D eigenvalue weighted by atomic mass is 9.94. The Bertz CT molecular complexity index is 1000. The van der Waals surface area contributed by atoms with Gasteiger partial charge in [-0.2, -0.15) is 0 Å². The van der Waals surface area contributed by atoms with Gasteiger partial charge in [-0.15, -0.1) is 0 Å². The molecule has 0 fully saturated rings. The molecule has 0 saturated carbocycles. The predicted molar refractivity (Wildman–Crippen MR) is 186 cm³/mol. The topological polar surface area (TPSA) is 223 Å². The Balaban J connectivity index is 3.63. The van der Waals surface area contributed by atoms with Crippen molar-refractivity contribution in [2.24, 2.45) is 11.8 Å². The Hall–Kier alpha value is -3.39. The first kappa shape index (κ1) is 46.6. The lowest BCUT2D eigenvalue weighted by molar-refractivity contribution is -0.144. The van der Waals surface area contributed by atoms with Crippen molar-refractivity contribution in [2.45, 2.75) is 135 Å². The molecule has 0 aromatic heterocycles. The molecule has 14 nitrogen and oxygen atoms in total. The van der Waals surface area contributed by atoms with Gasteiger partial charge in [-0.3, -0.25) is 33.6 Å². The zero-order valence-corrected chi connectivity index (χ0v) is 30.1. The number of aliphatic carboxylic acids is 3. The number of rotatable bonds is 36. The fourth-order valence-corrected chi connectivity index (χ4v) is 4.97. The smallest absolute Gasteiger partial charge is 0.306 e. The molecule has 288 valence electrons. The summed E-state index contributed by atoms with van der Waals surface area (Å²) < 4.78 is 11.2. The van der Waals surface area contributed by atoms with Crippen LogP contribution in [0.4, 0.5) is 0 Å². The minimum absolute atomic E-state index is 0.0236. The van der Waals surface area contributed by atoms with Crippen LogP contribution < -0.4 is 10.6 Å². The number of carbonyl (C=O) groups is 7. The van der Waals surface area contributed by atoms with Crippen LogP contribution >= 0.6 is 0 Å². The Kier molecular flexibility index (Phi) is 29.4. The minimum Gasteiger partial charge on any atom is -0.481 e. The third-order valence-corrected chi connectivity index (χ3v) is 8.19. The van der Waals surface area contributed by atoms with Crippen molar-refractivity contribution in [3.63, 3.8) is 0 Å². The Morgan fingerprint density at radius 2 is 1.02 bits per heavy atom.